The lowest BCUT2D eigenvalue weighted by atomic mass is 10.2. The lowest BCUT2D eigenvalue weighted by molar-refractivity contribution is -0.0500. The summed E-state index contributed by atoms with van der Waals surface area (Å²) in [5, 5.41) is 9.76. The van der Waals surface area contributed by atoms with Gasteiger partial charge in [0.2, 0.25) is 0 Å². The number of nitrogens with zero attached hydrogens (tertiary/aromatic N) is 3. The van der Waals surface area contributed by atoms with Crippen molar-refractivity contribution in [1.82, 2.24) is 5.01 Å². The molecule has 0 amide bonds. The van der Waals surface area contributed by atoms with Crippen LogP contribution in [0.2, 0.25) is 0 Å². The molecule has 1 aliphatic heterocycles. The molecule has 1 aromatic carbocycles. The summed E-state index contributed by atoms with van der Waals surface area (Å²) < 4.78 is 63.6. The molecule has 0 bridgehead atoms. The van der Waals surface area contributed by atoms with Crippen LogP contribution in [0.15, 0.2) is 28.5 Å². The Hall–Kier alpha value is -1.11. The SMILES string of the molecule is O=S(=O)(Oc1cccc(N=NN2CCCCC2)c1I)C(F)(F)F. The molecule has 0 spiro atoms. The fraction of sp³-hybridized carbons (Fsp3) is 0.500. The molecule has 6 nitrogen and oxygen atoms in total. The predicted molar refractivity (Wildman–Crippen MR) is 84.7 cm³/mol. The maximum Gasteiger partial charge on any atom is 0.534 e. The summed E-state index contributed by atoms with van der Waals surface area (Å²) in [6.07, 6.45) is 3.13. The van der Waals surface area contributed by atoms with E-state index in [0.29, 0.717) is 0 Å². The number of hydrogen-bond acceptors (Lipinski definition) is 5. The van der Waals surface area contributed by atoms with Gasteiger partial charge in [-0.15, -0.1) is 5.11 Å². The van der Waals surface area contributed by atoms with Crippen molar-refractivity contribution >= 4 is 38.4 Å². The van der Waals surface area contributed by atoms with Crippen LogP contribution < -0.4 is 4.18 Å². The Morgan fingerprint density at radius 1 is 1.17 bits per heavy atom. The van der Waals surface area contributed by atoms with Crippen LogP contribution in [-0.4, -0.2) is 32.0 Å². The van der Waals surface area contributed by atoms with Gasteiger partial charge in [-0.25, -0.2) is 0 Å². The molecule has 0 saturated carbocycles. The zero-order valence-electron chi connectivity index (χ0n) is 11.8. The fourth-order valence-electron chi connectivity index (χ4n) is 1.88. The van der Waals surface area contributed by atoms with E-state index in [4.69, 9.17) is 0 Å². The van der Waals surface area contributed by atoms with Gasteiger partial charge >= 0.3 is 15.6 Å². The van der Waals surface area contributed by atoms with Crippen molar-refractivity contribution < 1.29 is 25.8 Å². The van der Waals surface area contributed by atoms with Gasteiger partial charge in [0, 0.05) is 13.1 Å². The van der Waals surface area contributed by atoms with Crippen LogP contribution in [0.5, 0.6) is 5.75 Å². The average Bonchev–Trinajstić information content (AvgIpc) is 2.48. The molecule has 1 aromatic rings. The van der Waals surface area contributed by atoms with E-state index in [1.54, 1.807) is 27.6 Å². The molecule has 1 saturated heterocycles. The monoisotopic (exact) mass is 463 g/mol. The highest BCUT2D eigenvalue weighted by molar-refractivity contribution is 14.1. The Balaban J connectivity index is 2.19. The first kappa shape index (κ1) is 18.2. The zero-order valence-corrected chi connectivity index (χ0v) is 14.7. The summed E-state index contributed by atoms with van der Waals surface area (Å²) in [6, 6.07) is 4.00. The lowest BCUT2D eigenvalue weighted by Gasteiger charge is -2.21. The van der Waals surface area contributed by atoms with Gasteiger partial charge in [-0.2, -0.15) is 21.6 Å². The largest absolute Gasteiger partial charge is 0.534 e. The molecule has 1 heterocycles. The van der Waals surface area contributed by atoms with E-state index in [1.165, 1.54) is 12.1 Å². The van der Waals surface area contributed by atoms with Gasteiger partial charge in [-0.05, 0) is 54.0 Å². The molecule has 0 N–H and O–H groups in total. The molecular weight excluding hydrogens is 450 g/mol. The van der Waals surface area contributed by atoms with Crippen LogP contribution in [0, 0.1) is 3.57 Å². The first-order valence-corrected chi connectivity index (χ1v) is 9.15. The number of halogens is 4. The van der Waals surface area contributed by atoms with Gasteiger partial charge in [0.15, 0.2) is 5.75 Å². The highest BCUT2D eigenvalue weighted by Gasteiger charge is 2.48. The van der Waals surface area contributed by atoms with E-state index < -0.39 is 21.4 Å². The maximum atomic E-state index is 12.4. The summed E-state index contributed by atoms with van der Waals surface area (Å²) in [5.41, 5.74) is -5.24. The first-order chi connectivity index (χ1) is 10.7. The van der Waals surface area contributed by atoms with Crippen molar-refractivity contribution in [2.75, 3.05) is 13.1 Å². The summed E-state index contributed by atoms with van der Waals surface area (Å²) in [6.45, 7) is 1.53. The van der Waals surface area contributed by atoms with Gasteiger partial charge < -0.3 is 4.18 Å². The average molecular weight is 463 g/mol. The minimum Gasteiger partial charge on any atom is -0.375 e. The van der Waals surface area contributed by atoms with Crippen LogP contribution >= 0.6 is 22.6 Å². The van der Waals surface area contributed by atoms with Crippen molar-refractivity contribution in [3.63, 3.8) is 0 Å². The molecule has 0 aliphatic carbocycles. The van der Waals surface area contributed by atoms with Crippen LogP contribution in [0.25, 0.3) is 0 Å². The topological polar surface area (TPSA) is 71.3 Å². The third-order valence-electron chi connectivity index (χ3n) is 3.04. The maximum absolute atomic E-state index is 12.4. The molecule has 1 aliphatic rings. The Kier molecular flexibility index (Phi) is 5.70. The normalized spacial score (nSPS) is 16.8. The quantitative estimate of drug-likeness (QED) is 0.293. The van der Waals surface area contributed by atoms with Gasteiger partial charge in [-0.3, -0.25) is 5.01 Å². The van der Waals surface area contributed by atoms with Crippen molar-refractivity contribution in [3.8, 4) is 5.75 Å². The Morgan fingerprint density at radius 3 is 2.43 bits per heavy atom. The van der Waals surface area contributed by atoms with Crippen molar-refractivity contribution in [3.05, 3.63) is 21.8 Å². The molecule has 0 atom stereocenters. The van der Waals surface area contributed by atoms with E-state index in [9.17, 15) is 21.6 Å². The van der Waals surface area contributed by atoms with Gasteiger partial charge in [0.05, 0.1) is 3.57 Å². The molecule has 128 valence electrons. The number of alkyl halides is 3. The number of rotatable bonds is 4. The Bertz CT molecular complexity index is 689. The van der Waals surface area contributed by atoms with E-state index >= 15 is 0 Å². The highest BCUT2D eigenvalue weighted by atomic mass is 127. The fourth-order valence-corrected chi connectivity index (χ4v) is 3.08. The summed E-state index contributed by atoms with van der Waals surface area (Å²) in [4.78, 5) is 0. The van der Waals surface area contributed by atoms with E-state index in [0.717, 1.165) is 38.4 Å². The second-order valence-corrected chi connectivity index (χ2v) is 7.39. The molecule has 11 heteroatoms. The Labute approximate surface area is 144 Å². The van der Waals surface area contributed by atoms with Crippen LogP contribution in [0.4, 0.5) is 18.9 Å². The van der Waals surface area contributed by atoms with Gasteiger partial charge in [-0.1, -0.05) is 11.3 Å². The zero-order chi connectivity index (χ0) is 17.1. The molecule has 0 aromatic heterocycles. The van der Waals surface area contributed by atoms with Crippen molar-refractivity contribution in [2.45, 2.75) is 24.8 Å². The molecular formula is C12H13F3IN3O3S. The first-order valence-electron chi connectivity index (χ1n) is 6.66. The van der Waals surface area contributed by atoms with Crippen molar-refractivity contribution in [1.29, 1.82) is 0 Å². The standard InChI is InChI=1S/C12H13F3IN3O3S/c13-12(14,15)23(20,21)22-10-6-4-5-9(11(10)16)17-18-19-7-2-1-3-8-19/h4-6H,1-3,7-8H2. The summed E-state index contributed by atoms with van der Waals surface area (Å²) in [5.74, 6) is -0.432. The number of benzene rings is 1. The smallest absolute Gasteiger partial charge is 0.375 e. The van der Waals surface area contributed by atoms with Crippen LogP contribution in [0.1, 0.15) is 19.3 Å². The van der Waals surface area contributed by atoms with Crippen LogP contribution in [-0.2, 0) is 10.1 Å². The highest BCUT2D eigenvalue weighted by Crippen LogP contribution is 2.34. The molecule has 23 heavy (non-hydrogen) atoms. The summed E-state index contributed by atoms with van der Waals surface area (Å²) >= 11 is 1.67. The Morgan fingerprint density at radius 2 is 1.83 bits per heavy atom. The molecule has 0 unspecified atom stereocenters. The minimum absolute atomic E-state index is 0.138. The van der Waals surface area contributed by atoms with Gasteiger partial charge in [0.1, 0.15) is 5.69 Å². The predicted octanol–water partition coefficient (Wildman–Crippen LogP) is 4.00. The molecule has 2 rings (SSSR count). The van der Waals surface area contributed by atoms with E-state index in [1.807, 2.05) is 0 Å². The number of piperidine rings is 1. The second-order valence-electron chi connectivity index (χ2n) is 4.78. The summed E-state index contributed by atoms with van der Waals surface area (Å²) in [7, 11) is -5.71. The van der Waals surface area contributed by atoms with Gasteiger partial charge in [0.25, 0.3) is 0 Å². The molecule has 1 fully saturated rings. The number of hydrogen-bond donors (Lipinski definition) is 0. The second kappa shape index (κ2) is 7.20. The van der Waals surface area contributed by atoms with E-state index in [-0.39, 0.29) is 9.26 Å². The third kappa shape index (κ3) is 4.68. The van der Waals surface area contributed by atoms with Crippen LogP contribution in [0.3, 0.4) is 0 Å². The van der Waals surface area contributed by atoms with Crippen molar-refractivity contribution in [2.24, 2.45) is 10.3 Å². The molecule has 0 radical (unpaired) electrons. The third-order valence-corrected chi connectivity index (χ3v) is 5.09. The lowest BCUT2D eigenvalue weighted by Crippen LogP contribution is -2.28. The van der Waals surface area contributed by atoms with E-state index in [2.05, 4.69) is 14.5 Å². The minimum atomic E-state index is -5.71.